The van der Waals surface area contributed by atoms with Gasteiger partial charge in [-0.25, -0.2) is 4.79 Å². The number of nitrogens with one attached hydrogen (secondary N) is 1. The maximum absolute atomic E-state index is 11.6. The highest BCUT2D eigenvalue weighted by atomic mass is 16.6. The number of H-pyrrole nitrogens is 1. The number of rotatable bonds is 2. The van der Waals surface area contributed by atoms with Gasteiger partial charge in [0.2, 0.25) is 0 Å². The Morgan fingerprint density at radius 3 is 2.31 bits per heavy atom. The van der Waals surface area contributed by atoms with E-state index >= 15 is 0 Å². The number of ketones is 1. The number of carbonyl (C=O) groups excluding carboxylic acids is 2. The number of anilines is 1. The molecule has 0 amide bonds. The van der Waals surface area contributed by atoms with Crippen molar-refractivity contribution in [3.63, 3.8) is 0 Å². The minimum atomic E-state index is -0.576. The lowest BCUT2D eigenvalue weighted by Crippen LogP contribution is -2.24. The van der Waals surface area contributed by atoms with Crippen molar-refractivity contribution in [2.45, 2.75) is 33.3 Å². The zero-order valence-corrected chi connectivity index (χ0v) is 9.88. The third-order valence-electron chi connectivity index (χ3n) is 1.85. The Morgan fingerprint density at radius 1 is 1.38 bits per heavy atom. The van der Waals surface area contributed by atoms with Crippen molar-refractivity contribution >= 4 is 17.6 Å². The molecule has 0 spiro atoms. The van der Waals surface area contributed by atoms with E-state index in [0.717, 1.165) is 0 Å². The van der Waals surface area contributed by atoms with Crippen LogP contribution in [-0.4, -0.2) is 22.3 Å². The summed E-state index contributed by atoms with van der Waals surface area (Å²) in [5.41, 5.74) is 5.48. The van der Waals surface area contributed by atoms with Crippen LogP contribution >= 0.6 is 0 Å². The fourth-order valence-corrected chi connectivity index (χ4v) is 1.20. The molecular weight excluding hydrogens is 208 g/mol. The molecule has 1 aromatic rings. The van der Waals surface area contributed by atoms with E-state index in [0.29, 0.717) is 5.56 Å². The van der Waals surface area contributed by atoms with Gasteiger partial charge in [-0.2, -0.15) is 0 Å². The average Bonchev–Trinajstić information content (AvgIpc) is 2.44. The van der Waals surface area contributed by atoms with E-state index in [1.165, 1.54) is 13.0 Å². The van der Waals surface area contributed by atoms with Crippen LogP contribution in [0.2, 0.25) is 0 Å². The molecule has 0 aliphatic rings. The van der Waals surface area contributed by atoms with Crippen LogP contribution < -0.4 is 5.73 Å². The second-order valence-electron chi connectivity index (χ2n) is 4.57. The van der Waals surface area contributed by atoms with E-state index in [1.807, 2.05) is 0 Å². The number of aromatic amines is 1. The largest absolute Gasteiger partial charge is 0.455 e. The van der Waals surface area contributed by atoms with Crippen molar-refractivity contribution in [3.05, 3.63) is 17.3 Å². The number of hydrogen-bond donors (Lipinski definition) is 2. The first-order valence-electron chi connectivity index (χ1n) is 4.93. The predicted molar refractivity (Wildman–Crippen MR) is 60.4 cm³/mol. The Labute approximate surface area is 94.0 Å². The molecule has 1 rings (SSSR count). The van der Waals surface area contributed by atoms with Crippen LogP contribution in [0.5, 0.6) is 0 Å². The highest BCUT2D eigenvalue weighted by molar-refractivity contribution is 6.01. The van der Waals surface area contributed by atoms with Gasteiger partial charge in [0.05, 0.1) is 5.56 Å². The summed E-state index contributed by atoms with van der Waals surface area (Å²) in [7, 11) is 0. The Hall–Kier alpha value is -1.78. The Kier molecular flexibility index (Phi) is 3.07. The highest BCUT2D eigenvalue weighted by Gasteiger charge is 2.21. The molecule has 88 valence electrons. The van der Waals surface area contributed by atoms with Crippen LogP contribution in [0, 0.1) is 0 Å². The molecule has 1 aromatic heterocycles. The molecule has 0 fully saturated rings. The van der Waals surface area contributed by atoms with Crippen molar-refractivity contribution in [1.29, 1.82) is 0 Å². The maximum Gasteiger partial charge on any atom is 0.355 e. The maximum atomic E-state index is 11.6. The van der Waals surface area contributed by atoms with Crippen LogP contribution in [0.3, 0.4) is 0 Å². The number of aromatic nitrogens is 1. The standard InChI is InChI=1S/C11H16N2O3/c1-6(14)7-5-8(13-9(7)12)10(15)16-11(2,3)4/h5,13H,12H2,1-4H3. The zero-order chi connectivity index (χ0) is 12.5. The summed E-state index contributed by atoms with van der Waals surface area (Å²) in [6.07, 6.45) is 0. The molecule has 3 N–H and O–H groups in total. The lowest BCUT2D eigenvalue weighted by Gasteiger charge is -2.18. The highest BCUT2D eigenvalue weighted by Crippen LogP contribution is 2.17. The number of nitrogen functional groups attached to an aromatic ring is 1. The average molecular weight is 224 g/mol. The van der Waals surface area contributed by atoms with Gasteiger partial charge in [-0.05, 0) is 33.8 Å². The topological polar surface area (TPSA) is 85.2 Å². The molecule has 0 saturated heterocycles. The van der Waals surface area contributed by atoms with Crippen molar-refractivity contribution < 1.29 is 14.3 Å². The molecule has 5 heteroatoms. The number of hydrogen-bond acceptors (Lipinski definition) is 4. The lowest BCUT2D eigenvalue weighted by atomic mass is 10.2. The number of carbonyl (C=O) groups is 2. The van der Waals surface area contributed by atoms with Gasteiger partial charge >= 0.3 is 5.97 Å². The molecule has 0 saturated carbocycles. The zero-order valence-electron chi connectivity index (χ0n) is 9.88. The van der Waals surface area contributed by atoms with Crippen LogP contribution in [0.4, 0.5) is 5.82 Å². The molecule has 16 heavy (non-hydrogen) atoms. The summed E-state index contributed by atoms with van der Waals surface area (Å²) >= 11 is 0. The van der Waals surface area contributed by atoms with Gasteiger partial charge in [0.15, 0.2) is 5.78 Å². The molecule has 0 aromatic carbocycles. The lowest BCUT2D eigenvalue weighted by molar-refractivity contribution is 0.00637. The first kappa shape index (κ1) is 12.3. The molecule has 0 bridgehead atoms. The fraction of sp³-hybridized carbons (Fsp3) is 0.455. The van der Waals surface area contributed by atoms with Crippen LogP contribution in [-0.2, 0) is 4.74 Å². The van der Waals surface area contributed by atoms with Crippen LogP contribution in [0.1, 0.15) is 48.5 Å². The molecule has 5 nitrogen and oxygen atoms in total. The number of Topliss-reactive ketones (excluding diaryl/α,β-unsaturated/α-hetero) is 1. The van der Waals surface area contributed by atoms with Gasteiger partial charge < -0.3 is 15.5 Å². The Balaban J connectivity index is 2.94. The SMILES string of the molecule is CC(=O)c1cc(C(=O)OC(C)(C)C)[nH]c1N. The van der Waals surface area contributed by atoms with Gasteiger partial charge in [-0.15, -0.1) is 0 Å². The summed E-state index contributed by atoms with van der Waals surface area (Å²) in [6, 6.07) is 1.41. The summed E-state index contributed by atoms with van der Waals surface area (Å²) in [4.78, 5) is 25.4. The van der Waals surface area contributed by atoms with Crippen molar-refractivity contribution in [1.82, 2.24) is 4.98 Å². The monoisotopic (exact) mass is 224 g/mol. The molecule has 0 aliphatic heterocycles. The molecule has 0 radical (unpaired) electrons. The van der Waals surface area contributed by atoms with Gasteiger partial charge in [0.25, 0.3) is 0 Å². The van der Waals surface area contributed by atoms with E-state index in [-0.39, 0.29) is 17.3 Å². The number of ether oxygens (including phenoxy) is 1. The third kappa shape index (κ3) is 2.85. The summed E-state index contributed by atoms with van der Waals surface area (Å²) in [5.74, 6) is -0.524. The minimum absolute atomic E-state index is 0.188. The van der Waals surface area contributed by atoms with Crippen LogP contribution in [0.25, 0.3) is 0 Å². The Bertz CT molecular complexity index is 427. The first-order valence-corrected chi connectivity index (χ1v) is 4.93. The number of nitrogens with two attached hydrogens (primary N) is 1. The van der Waals surface area contributed by atoms with Gasteiger partial charge in [0.1, 0.15) is 17.1 Å². The normalized spacial score (nSPS) is 11.2. The summed E-state index contributed by atoms with van der Waals surface area (Å²) in [5, 5.41) is 0. The van der Waals surface area contributed by atoms with Gasteiger partial charge in [-0.1, -0.05) is 0 Å². The third-order valence-corrected chi connectivity index (χ3v) is 1.85. The van der Waals surface area contributed by atoms with Crippen molar-refractivity contribution in [2.75, 3.05) is 5.73 Å². The predicted octanol–water partition coefficient (Wildman–Crippen LogP) is 1.75. The van der Waals surface area contributed by atoms with Gasteiger partial charge in [0, 0.05) is 0 Å². The second-order valence-corrected chi connectivity index (χ2v) is 4.57. The first-order chi connectivity index (χ1) is 7.20. The van der Waals surface area contributed by atoms with Crippen molar-refractivity contribution in [3.8, 4) is 0 Å². The van der Waals surface area contributed by atoms with E-state index in [1.54, 1.807) is 20.8 Å². The molecule has 1 heterocycles. The van der Waals surface area contributed by atoms with E-state index in [4.69, 9.17) is 10.5 Å². The van der Waals surface area contributed by atoms with E-state index in [9.17, 15) is 9.59 Å². The number of esters is 1. The molecule has 0 unspecified atom stereocenters. The smallest absolute Gasteiger partial charge is 0.355 e. The quantitative estimate of drug-likeness (QED) is 0.592. The fourth-order valence-electron chi connectivity index (χ4n) is 1.20. The van der Waals surface area contributed by atoms with E-state index in [2.05, 4.69) is 4.98 Å². The molecule has 0 aliphatic carbocycles. The summed E-state index contributed by atoms with van der Waals surface area (Å²) in [6.45, 7) is 6.69. The van der Waals surface area contributed by atoms with E-state index < -0.39 is 11.6 Å². The molecular formula is C11H16N2O3. The second kappa shape index (κ2) is 4.00. The van der Waals surface area contributed by atoms with Gasteiger partial charge in [-0.3, -0.25) is 4.79 Å². The Morgan fingerprint density at radius 2 is 1.94 bits per heavy atom. The summed E-state index contributed by atoms with van der Waals surface area (Å²) < 4.78 is 5.13. The molecule has 0 atom stereocenters. The van der Waals surface area contributed by atoms with Crippen molar-refractivity contribution in [2.24, 2.45) is 0 Å². The van der Waals surface area contributed by atoms with Crippen LogP contribution in [0.15, 0.2) is 6.07 Å². The minimum Gasteiger partial charge on any atom is -0.455 e.